The molecule has 0 aromatic carbocycles. The molecule has 0 radical (unpaired) electrons. The van der Waals surface area contributed by atoms with Gasteiger partial charge in [-0.1, -0.05) is 0 Å². The summed E-state index contributed by atoms with van der Waals surface area (Å²) in [5.41, 5.74) is 5.14. The summed E-state index contributed by atoms with van der Waals surface area (Å²) in [6, 6.07) is -0.516. The predicted octanol–water partition coefficient (Wildman–Crippen LogP) is 2.92. The third-order valence-electron chi connectivity index (χ3n) is 6.65. The van der Waals surface area contributed by atoms with Crippen LogP contribution in [0.2, 0.25) is 0 Å². The molecule has 1 atom stereocenters. The zero-order valence-corrected chi connectivity index (χ0v) is 17.4. The van der Waals surface area contributed by atoms with Gasteiger partial charge in [0.05, 0.1) is 0 Å². The molecule has 1 unspecified atom stereocenters. The van der Waals surface area contributed by atoms with Crippen molar-refractivity contribution in [3.63, 3.8) is 0 Å². The Morgan fingerprint density at radius 1 is 1.18 bits per heavy atom. The van der Waals surface area contributed by atoms with Gasteiger partial charge >= 0.3 is 18.4 Å². The van der Waals surface area contributed by atoms with E-state index in [1.165, 1.54) is 18.3 Å². The van der Waals surface area contributed by atoms with Crippen LogP contribution in [-0.4, -0.2) is 58.3 Å². The first-order chi connectivity index (χ1) is 15.7. The molecule has 1 spiro atoms. The lowest BCUT2D eigenvalue weighted by atomic mass is 9.52. The number of carbonyl (C=O) groups is 3. The van der Waals surface area contributed by atoms with Crippen molar-refractivity contribution in [3.05, 3.63) is 23.9 Å². The first-order valence-electron chi connectivity index (χ1n) is 10.4. The molecule has 1 aliphatic heterocycles. The molecule has 4 rings (SSSR count). The summed E-state index contributed by atoms with van der Waals surface area (Å²) in [4.78, 5) is 40.9. The van der Waals surface area contributed by atoms with E-state index in [1.807, 2.05) is 5.32 Å². The molecule has 14 heteroatoms. The monoisotopic (exact) mass is 494 g/mol. The topological polar surface area (TPSA) is 115 Å². The molecule has 1 aromatic heterocycles. The molecular formula is C20H20F6N4O4. The summed E-state index contributed by atoms with van der Waals surface area (Å²) in [7, 11) is 0. The molecule has 1 aromatic rings. The average Bonchev–Trinajstić information content (AvgIpc) is 2.92. The number of imide groups is 1. The van der Waals surface area contributed by atoms with Crippen molar-refractivity contribution in [1.82, 2.24) is 15.2 Å². The second-order valence-electron chi connectivity index (χ2n) is 9.01. The van der Waals surface area contributed by atoms with Crippen molar-refractivity contribution >= 4 is 17.8 Å². The van der Waals surface area contributed by atoms with Crippen LogP contribution in [-0.2, 0) is 4.79 Å². The summed E-state index contributed by atoms with van der Waals surface area (Å²) in [6.07, 6.45) is -9.90. The Labute approximate surface area is 188 Å². The largest absolute Gasteiger partial charge is 0.474 e. The lowest BCUT2D eigenvalue weighted by Gasteiger charge is -2.58. The minimum Gasteiger partial charge on any atom is -0.474 e. The molecule has 3 N–H and O–H groups in total. The van der Waals surface area contributed by atoms with Crippen LogP contribution in [0.15, 0.2) is 18.3 Å². The Morgan fingerprint density at radius 2 is 1.79 bits per heavy atom. The van der Waals surface area contributed by atoms with Crippen molar-refractivity contribution in [2.24, 2.45) is 17.1 Å². The summed E-state index contributed by atoms with van der Waals surface area (Å²) in [6.45, 7) is 0. The Hall–Kier alpha value is -3.06. The van der Waals surface area contributed by atoms with E-state index in [9.17, 15) is 40.7 Å². The van der Waals surface area contributed by atoms with E-state index in [-0.39, 0.29) is 23.0 Å². The number of halogens is 6. The van der Waals surface area contributed by atoms with E-state index < -0.39 is 54.6 Å². The number of nitrogens with zero attached hydrogens (tertiary/aromatic N) is 2. The number of alkyl halides is 6. The molecule has 2 heterocycles. The SMILES string of the molecule is NC(=O)c1cccnc1OC1CC2(C1)CC(N1C(=O)NC(CC(C(F)(F)F)C(F)(F)F)C1=O)C2. The highest BCUT2D eigenvalue weighted by atomic mass is 19.4. The predicted molar refractivity (Wildman–Crippen MR) is 101 cm³/mol. The number of carbonyl (C=O) groups excluding carboxylic acids is 3. The minimum absolute atomic E-state index is 0.0894. The Bertz CT molecular complexity index is 986. The molecule has 186 valence electrons. The fourth-order valence-corrected chi connectivity index (χ4v) is 5.02. The van der Waals surface area contributed by atoms with Crippen molar-refractivity contribution in [3.8, 4) is 5.88 Å². The highest BCUT2D eigenvalue weighted by Crippen LogP contribution is 2.58. The molecule has 2 saturated carbocycles. The number of hydrogen-bond acceptors (Lipinski definition) is 5. The third kappa shape index (κ3) is 4.37. The lowest BCUT2D eigenvalue weighted by molar-refractivity contribution is -0.286. The van der Waals surface area contributed by atoms with Gasteiger partial charge in [0.1, 0.15) is 17.7 Å². The maximum absolute atomic E-state index is 12.8. The number of hydrogen-bond donors (Lipinski definition) is 2. The van der Waals surface area contributed by atoms with Gasteiger partial charge < -0.3 is 15.8 Å². The molecule has 1 saturated heterocycles. The van der Waals surface area contributed by atoms with Crippen LogP contribution >= 0.6 is 0 Å². The smallest absolute Gasteiger partial charge is 0.400 e. The van der Waals surface area contributed by atoms with Gasteiger partial charge in [-0.25, -0.2) is 9.78 Å². The van der Waals surface area contributed by atoms with Crippen molar-refractivity contribution in [2.45, 2.75) is 62.6 Å². The van der Waals surface area contributed by atoms with Crippen LogP contribution in [0.25, 0.3) is 0 Å². The fraction of sp³-hybridized carbons (Fsp3) is 0.600. The van der Waals surface area contributed by atoms with Crippen LogP contribution in [0.3, 0.4) is 0 Å². The highest BCUT2D eigenvalue weighted by molar-refractivity contribution is 6.04. The minimum atomic E-state index is -5.60. The zero-order chi connectivity index (χ0) is 25.1. The van der Waals surface area contributed by atoms with Crippen LogP contribution < -0.4 is 15.8 Å². The molecule has 3 fully saturated rings. The van der Waals surface area contributed by atoms with E-state index in [2.05, 4.69) is 4.98 Å². The van der Waals surface area contributed by atoms with Gasteiger partial charge in [-0.05, 0) is 49.7 Å². The summed E-state index contributed by atoms with van der Waals surface area (Å²) < 4.78 is 82.8. The van der Waals surface area contributed by atoms with Crippen LogP contribution in [0, 0.1) is 11.3 Å². The molecule has 34 heavy (non-hydrogen) atoms. The quantitative estimate of drug-likeness (QED) is 0.466. The van der Waals surface area contributed by atoms with Gasteiger partial charge in [-0.15, -0.1) is 0 Å². The van der Waals surface area contributed by atoms with E-state index in [1.54, 1.807) is 0 Å². The number of ether oxygens (including phenoxy) is 1. The van der Waals surface area contributed by atoms with E-state index >= 15 is 0 Å². The number of amides is 4. The molecule has 2 aliphatic carbocycles. The number of urea groups is 1. The zero-order valence-electron chi connectivity index (χ0n) is 17.4. The molecular weight excluding hydrogens is 474 g/mol. The Balaban J connectivity index is 1.33. The number of nitrogens with two attached hydrogens (primary N) is 1. The number of rotatable bonds is 6. The van der Waals surface area contributed by atoms with Gasteiger partial charge in [0.2, 0.25) is 5.88 Å². The summed E-state index contributed by atoms with van der Waals surface area (Å²) in [5, 5.41) is 1.96. The van der Waals surface area contributed by atoms with Gasteiger partial charge in [-0.2, -0.15) is 26.3 Å². The van der Waals surface area contributed by atoms with Crippen LogP contribution in [0.4, 0.5) is 31.1 Å². The first-order valence-corrected chi connectivity index (χ1v) is 10.4. The summed E-state index contributed by atoms with van der Waals surface area (Å²) >= 11 is 0. The van der Waals surface area contributed by atoms with Gasteiger partial charge in [-0.3, -0.25) is 14.5 Å². The lowest BCUT2D eigenvalue weighted by Crippen LogP contribution is -2.60. The Kier molecular flexibility index (Phi) is 5.67. The van der Waals surface area contributed by atoms with Crippen LogP contribution in [0.1, 0.15) is 42.5 Å². The number of primary amides is 1. The van der Waals surface area contributed by atoms with Crippen molar-refractivity contribution < 1.29 is 45.5 Å². The second-order valence-corrected chi connectivity index (χ2v) is 9.01. The fourth-order valence-electron chi connectivity index (χ4n) is 5.02. The van der Waals surface area contributed by atoms with E-state index in [0.29, 0.717) is 25.7 Å². The maximum atomic E-state index is 12.8. The van der Waals surface area contributed by atoms with Crippen molar-refractivity contribution in [1.29, 1.82) is 0 Å². The van der Waals surface area contributed by atoms with E-state index in [0.717, 1.165) is 4.90 Å². The van der Waals surface area contributed by atoms with Gasteiger partial charge in [0, 0.05) is 12.2 Å². The second kappa shape index (κ2) is 8.01. The normalized spacial score (nSPS) is 29.1. The molecule has 3 aliphatic rings. The van der Waals surface area contributed by atoms with Crippen molar-refractivity contribution in [2.75, 3.05) is 0 Å². The molecule has 4 amide bonds. The number of pyridine rings is 1. The molecule has 0 bridgehead atoms. The number of aromatic nitrogens is 1. The summed E-state index contributed by atoms with van der Waals surface area (Å²) in [5.74, 6) is -5.42. The van der Waals surface area contributed by atoms with Gasteiger partial charge in [0.15, 0.2) is 5.92 Å². The average molecular weight is 494 g/mol. The maximum Gasteiger partial charge on any atom is 0.400 e. The van der Waals surface area contributed by atoms with Gasteiger partial charge in [0.25, 0.3) is 11.8 Å². The number of nitrogens with one attached hydrogen (secondary N) is 1. The van der Waals surface area contributed by atoms with Crippen LogP contribution in [0.5, 0.6) is 5.88 Å². The van der Waals surface area contributed by atoms with E-state index in [4.69, 9.17) is 10.5 Å². The first kappa shape index (κ1) is 24.1. The Morgan fingerprint density at radius 3 is 2.35 bits per heavy atom. The third-order valence-corrected chi connectivity index (χ3v) is 6.65. The highest BCUT2D eigenvalue weighted by Gasteiger charge is 2.61. The molecule has 8 nitrogen and oxygen atoms in total. The standard InChI is InChI=1S/C20H20F6N4O4/c21-19(22,23)13(20(24,25)26)4-12-16(32)30(17(33)29-12)9-5-18(6-9)7-10(8-18)34-15-11(14(27)31)2-1-3-28-15/h1-3,9-10,12-13H,4-8H2,(H2,27,31)(H,29,33).